The fourth-order valence-corrected chi connectivity index (χ4v) is 2.01. The fourth-order valence-electron chi connectivity index (χ4n) is 1.83. The first kappa shape index (κ1) is 17.5. The summed E-state index contributed by atoms with van der Waals surface area (Å²) in [6, 6.07) is 13.4. The normalized spacial score (nSPS) is 10.5. The highest BCUT2D eigenvalue weighted by molar-refractivity contribution is 6.33. The highest BCUT2D eigenvalue weighted by atomic mass is 35.5. The van der Waals surface area contributed by atoms with Gasteiger partial charge < -0.3 is 10.4 Å². The molecule has 0 fully saturated rings. The van der Waals surface area contributed by atoms with Crippen molar-refractivity contribution in [3.05, 3.63) is 59.1 Å². The molecule has 0 aliphatic rings. The van der Waals surface area contributed by atoms with Crippen LogP contribution in [-0.2, 0) is 9.59 Å². The molecule has 0 bridgehead atoms. The molecule has 2 rings (SSSR count). The molecule has 2 aromatic carbocycles. The van der Waals surface area contributed by atoms with Crippen LogP contribution in [0.3, 0.4) is 0 Å². The maximum absolute atomic E-state index is 11.8. The van der Waals surface area contributed by atoms with Crippen LogP contribution in [0, 0.1) is 0 Å². The van der Waals surface area contributed by atoms with Crippen LogP contribution in [0.15, 0.2) is 53.6 Å². The molecule has 0 aliphatic heterocycles. The van der Waals surface area contributed by atoms with Crippen LogP contribution in [0.25, 0.3) is 0 Å². The van der Waals surface area contributed by atoms with Gasteiger partial charge in [-0.05, 0) is 24.3 Å². The number of nitrogens with one attached hydrogen (secondary N) is 2. The molecule has 24 heavy (non-hydrogen) atoms. The maximum Gasteiger partial charge on any atom is 0.240 e. The van der Waals surface area contributed by atoms with Gasteiger partial charge in [-0.1, -0.05) is 35.9 Å². The summed E-state index contributed by atoms with van der Waals surface area (Å²) in [6.45, 7) is 0. The molecule has 6 nitrogen and oxygen atoms in total. The highest BCUT2D eigenvalue weighted by Gasteiger charge is 2.08. The Hall–Kier alpha value is -2.86. The predicted molar refractivity (Wildman–Crippen MR) is 93.2 cm³/mol. The first-order valence-corrected chi connectivity index (χ1v) is 7.58. The number of hydrazone groups is 1. The van der Waals surface area contributed by atoms with Crippen molar-refractivity contribution >= 4 is 35.3 Å². The minimum Gasteiger partial charge on any atom is -0.507 e. The number of phenolic OH excluding ortho intramolecular Hbond substituents is 1. The van der Waals surface area contributed by atoms with Gasteiger partial charge in [-0.25, -0.2) is 5.43 Å². The molecule has 0 saturated heterocycles. The zero-order valence-corrected chi connectivity index (χ0v) is 13.5. The number of carbonyl (C=O) groups excluding carboxylic acids is 2. The first-order valence-electron chi connectivity index (χ1n) is 7.20. The number of hydrogen-bond acceptors (Lipinski definition) is 4. The minimum absolute atomic E-state index is 0.00314. The maximum atomic E-state index is 11.8. The lowest BCUT2D eigenvalue weighted by molar-refractivity contribution is -0.124. The van der Waals surface area contributed by atoms with Gasteiger partial charge >= 0.3 is 0 Å². The van der Waals surface area contributed by atoms with E-state index in [-0.39, 0.29) is 24.5 Å². The summed E-state index contributed by atoms with van der Waals surface area (Å²) in [6.07, 6.45) is 1.31. The summed E-state index contributed by atoms with van der Waals surface area (Å²) < 4.78 is 0. The lowest BCUT2D eigenvalue weighted by Gasteiger charge is -2.06. The van der Waals surface area contributed by atoms with E-state index in [9.17, 15) is 14.7 Å². The highest BCUT2D eigenvalue weighted by Crippen LogP contribution is 2.20. The second-order valence-electron chi connectivity index (χ2n) is 4.88. The van der Waals surface area contributed by atoms with Crippen LogP contribution in [-0.4, -0.2) is 23.1 Å². The molecule has 2 aromatic rings. The van der Waals surface area contributed by atoms with Crippen LogP contribution < -0.4 is 10.7 Å². The number of halogens is 1. The largest absolute Gasteiger partial charge is 0.507 e. The van der Waals surface area contributed by atoms with Crippen LogP contribution in [0.4, 0.5) is 5.69 Å². The number of para-hydroxylation sites is 2. The number of carbonyl (C=O) groups is 2. The van der Waals surface area contributed by atoms with E-state index in [0.29, 0.717) is 16.3 Å². The molecule has 0 unspecified atom stereocenters. The number of nitrogens with zero attached hydrogens (tertiary/aromatic N) is 1. The number of rotatable bonds is 6. The molecule has 2 amide bonds. The third-order valence-corrected chi connectivity index (χ3v) is 3.39. The third-order valence-electron chi connectivity index (χ3n) is 3.06. The predicted octanol–water partition coefficient (Wildman–Crippen LogP) is 2.91. The second-order valence-corrected chi connectivity index (χ2v) is 5.29. The van der Waals surface area contributed by atoms with Crippen molar-refractivity contribution in [2.75, 3.05) is 5.32 Å². The number of phenols is 1. The lowest BCUT2D eigenvalue weighted by atomic mass is 10.2. The van der Waals surface area contributed by atoms with E-state index >= 15 is 0 Å². The molecule has 0 heterocycles. The van der Waals surface area contributed by atoms with Gasteiger partial charge in [-0.2, -0.15) is 5.10 Å². The van der Waals surface area contributed by atoms with E-state index in [1.54, 1.807) is 42.5 Å². The van der Waals surface area contributed by atoms with Gasteiger partial charge in [0.05, 0.1) is 16.9 Å². The van der Waals surface area contributed by atoms with Crippen LogP contribution >= 0.6 is 11.6 Å². The smallest absolute Gasteiger partial charge is 0.240 e. The molecule has 0 radical (unpaired) electrons. The Morgan fingerprint density at radius 2 is 1.71 bits per heavy atom. The van der Waals surface area contributed by atoms with Gasteiger partial charge in [0.2, 0.25) is 11.8 Å². The van der Waals surface area contributed by atoms with Gasteiger partial charge in [-0.15, -0.1) is 0 Å². The van der Waals surface area contributed by atoms with Crippen molar-refractivity contribution in [3.8, 4) is 5.75 Å². The summed E-state index contributed by atoms with van der Waals surface area (Å²) in [4.78, 5) is 23.4. The average molecular weight is 346 g/mol. The Labute approximate surface area is 144 Å². The van der Waals surface area contributed by atoms with E-state index in [1.807, 2.05) is 0 Å². The molecule has 0 aliphatic carbocycles. The fraction of sp³-hybridized carbons (Fsp3) is 0.118. The number of aromatic hydroxyl groups is 1. The van der Waals surface area contributed by atoms with E-state index in [2.05, 4.69) is 15.8 Å². The molecular weight excluding hydrogens is 330 g/mol. The quantitative estimate of drug-likeness (QED) is 0.555. The molecule has 0 aromatic heterocycles. The van der Waals surface area contributed by atoms with E-state index in [4.69, 9.17) is 11.6 Å². The Bertz CT molecular complexity index is 762. The van der Waals surface area contributed by atoms with Crippen LogP contribution in [0.2, 0.25) is 5.02 Å². The monoisotopic (exact) mass is 345 g/mol. The van der Waals surface area contributed by atoms with Gasteiger partial charge in [0, 0.05) is 18.4 Å². The Morgan fingerprint density at radius 1 is 1.04 bits per heavy atom. The summed E-state index contributed by atoms with van der Waals surface area (Å²) in [5.41, 5.74) is 3.29. The summed E-state index contributed by atoms with van der Waals surface area (Å²) >= 11 is 5.94. The zero-order valence-electron chi connectivity index (χ0n) is 12.7. The van der Waals surface area contributed by atoms with Gasteiger partial charge in [0.1, 0.15) is 5.75 Å². The van der Waals surface area contributed by atoms with E-state index < -0.39 is 5.91 Å². The number of hydrogen-bond donors (Lipinski definition) is 3. The standard InChI is InChI=1S/C17H16ClN3O3/c18-13-6-2-3-7-14(13)20-16(23)9-10-17(24)21-19-11-12-5-1-4-8-15(12)22/h1-8,11,22H,9-10H2,(H,20,23)(H,21,24). The molecule has 0 atom stereocenters. The summed E-state index contributed by atoms with van der Waals surface area (Å²) in [7, 11) is 0. The SMILES string of the molecule is O=C(CCC(=O)Nc1ccccc1Cl)NN=Cc1ccccc1O. The van der Waals surface area contributed by atoms with Crippen molar-refractivity contribution in [2.45, 2.75) is 12.8 Å². The first-order chi connectivity index (χ1) is 11.6. The van der Waals surface area contributed by atoms with Gasteiger partial charge in [0.25, 0.3) is 0 Å². The van der Waals surface area contributed by atoms with Crippen LogP contribution in [0.5, 0.6) is 5.75 Å². The number of benzene rings is 2. The summed E-state index contributed by atoms with van der Waals surface area (Å²) in [5, 5.41) is 16.4. The van der Waals surface area contributed by atoms with Gasteiger partial charge in [0.15, 0.2) is 0 Å². The third kappa shape index (κ3) is 5.40. The average Bonchev–Trinajstić information content (AvgIpc) is 2.57. The van der Waals surface area contributed by atoms with E-state index in [0.717, 1.165) is 0 Å². The molecular formula is C17H16ClN3O3. The molecule has 0 saturated carbocycles. The Kier molecular flexibility index (Phi) is 6.33. The van der Waals surface area contributed by atoms with E-state index in [1.165, 1.54) is 12.3 Å². The molecule has 124 valence electrons. The van der Waals surface area contributed by atoms with Crippen molar-refractivity contribution < 1.29 is 14.7 Å². The molecule has 7 heteroatoms. The van der Waals surface area contributed by atoms with Crippen molar-refractivity contribution in [1.29, 1.82) is 0 Å². The topological polar surface area (TPSA) is 90.8 Å². The minimum atomic E-state index is -0.407. The van der Waals surface area contributed by atoms with Crippen LogP contribution in [0.1, 0.15) is 18.4 Å². The number of anilines is 1. The number of amides is 2. The molecule has 3 N–H and O–H groups in total. The second kappa shape index (κ2) is 8.69. The van der Waals surface area contributed by atoms with Crippen molar-refractivity contribution in [3.63, 3.8) is 0 Å². The van der Waals surface area contributed by atoms with Gasteiger partial charge in [-0.3, -0.25) is 9.59 Å². The lowest BCUT2D eigenvalue weighted by Crippen LogP contribution is -2.20. The Balaban J connectivity index is 1.76. The van der Waals surface area contributed by atoms with Crippen molar-refractivity contribution in [2.24, 2.45) is 5.10 Å². The Morgan fingerprint density at radius 3 is 2.46 bits per heavy atom. The summed E-state index contributed by atoms with van der Waals surface area (Å²) in [5.74, 6) is -0.659. The van der Waals surface area contributed by atoms with Crippen molar-refractivity contribution in [1.82, 2.24) is 5.43 Å². The molecule has 0 spiro atoms. The zero-order chi connectivity index (χ0) is 17.4.